The van der Waals surface area contributed by atoms with Crippen LogP contribution in [0.3, 0.4) is 0 Å². The van der Waals surface area contributed by atoms with Crippen molar-refractivity contribution in [2.45, 2.75) is 44.6 Å². The zero-order chi connectivity index (χ0) is 13.5. The Bertz CT molecular complexity index is 396. The first kappa shape index (κ1) is 15.1. The minimum atomic E-state index is 0.669. The molecule has 0 aromatic heterocycles. The van der Waals surface area contributed by atoms with Gasteiger partial charge in [0, 0.05) is 10.5 Å². The summed E-state index contributed by atoms with van der Waals surface area (Å²) >= 11 is 9.47. The molecule has 0 bridgehead atoms. The Balaban J connectivity index is 1.48. The molecule has 4 heteroatoms. The lowest BCUT2D eigenvalue weighted by atomic mass is 10.2. The Morgan fingerprint density at radius 1 is 1.21 bits per heavy atom. The quantitative estimate of drug-likeness (QED) is 0.649. The zero-order valence-corrected chi connectivity index (χ0v) is 13.5. The normalized spacial score (nSPS) is 14.6. The van der Waals surface area contributed by atoms with Gasteiger partial charge in [0.25, 0.3) is 0 Å². The molecule has 1 aliphatic rings. The maximum Gasteiger partial charge on any atom is 0.137 e. The van der Waals surface area contributed by atoms with Crippen molar-refractivity contribution < 1.29 is 4.74 Å². The molecule has 0 spiro atoms. The van der Waals surface area contributed by atoms with Crippen molar-refractivity contribution in [2.24, 2.45) is 0 Å². The summed E-state index contributed by atoms with van der Waals surface area (Å²) in [7, 11) is 0. The van der Waals surface area contributed by atoms with Crippen LogP contribution in [0.25, 0.3) is 0 Å². The van der Waals surface area contributed by atoms with E-state index in [1.54, 1.807) is 0 Å². The Hall–Kier alpha value is -0.250. The first-order valence-electron chi connectivity index (χ1n) is 7.07. The van der Waals surface area contributed by atoms with Crippen molar-refractivity contribution in [2.75, 3.05) is 13.2 Å². The zero-order valence-electron chi connectivity index (χ0n) is 11.1. The summed E-state index contributed by atoms with van der Waals surface area (Å²) in [5, 5.41) is 4.20. The Kier molecular flexibility index (Phi) is 6.48. The smallest absolute Gasteiger partial charge is 0.137 e. The average Bonchev–Trinajstić information content (AvgIpc) is 3.19. The van der Waals surface area contributed by atoms with E-state index in [1.165, 1.54) is 38.6 Å². The average molecular weight is 347 g/mol. The summed E-state index contributed by atoms with van der Waals surface area (Å²) in [5.41, 5.74) is 0. The maximum absolute atomic E-state index is 6.08. The first-order valence-corrected chi connectivity index (χ1v) is 8.24. The minimum absolute atomic E-state index is 0.669. The minimum Gasteiger partial charge on any atom is -0.492 e. The van der Waals surface area contributed by atoms with Gasteiger partial charge in [-0.1, -0.05) is 40.4 Å². The van der Waals surface area contributed by atoms with E-state index in [0.717, 1.165) is 29.3 Å². The van der Waals surface area contributed by atoms with Crippen molar-refractivity contribution in [1.29, 1.82) is 0 Å². The maximum atomic E-state index is 6.08. The van der Waals surface area contributed by atoms with Crippen molar-refractivity contribution >= 4 is 27.5 Å². The molecule has 0 amide bonds. The molecule has 1 aliphatic carbocycles. The second-order valence-corrected chi connectivity index (χ2v) is 6.39. The first-order chi connectivity index (χ1) is 9.25. The number of hydrogen-bond acceptors (Lipinski definition) is 2. The summed E-state index contributed by atoms with van der Waals surface area (Å²) in [6, 6.07) is 6.56. The monoisotopic (exact) mass is 345 g/mol. The van der Waals surface area contributed by atoms with E-state index in [4.69, 9.17) is 16.3 Å². The van der Waals surface area contributed by atoms with Crippen LogP contribution in [0.5, 0.6) is 5.75 Å². The third kappa shape index (κ3) is 6.15. The van der Waals surface area contributed by atoms with Crippen LogP contribution in [0.2, 0.25) is 5.02 Å². The molecule has 0 heterocycles. The van der Waals surface area contributed by atoms with Crippen LogP contribution in [0.4, 0.5) is 0 Å². The Morgan fingerprint density at radius 2 is 2.00 bits per heavy atom. The highest BCUT2D eigenvalue weighted by Gasteiger charge is 2.19. The molecule has 1 fully saturated rings. The third-order valence-corrected chi connectivity index (χ3v) is 4.02. The van der Waals surface area contributed by atoms with Crippen LogP contribution < -0.4 is 10.1 Å². The second kappa shape index (κ2) is 8.13. The molecule has 2 rings (SSSR count). The topological polar surface area (TPSA) is 21.3 Å². The van der Waals surface area contributed by atoms with E-state index in [0.29, 0.717) is 5.02 Å². The summed E-state index contributed by atoms with van der Waals surface area (Å²) < 4.78 is 6.66. The molecule has 0 aliphatic heterocycles. The largest absolute Gasteiger partial charge is 0.492 e. The van der Waals surface area contributed by atoms with Gasteiger partial charge in [-0.2, -0.15) is 0 Å². The predicted octanol–water partition coefficient (Wildman–Crippen LogP) is 4.79. The van der Waals surface area contributed by atoms with E-state index in [2.05, 4.69) is 21.2 Å². The van der Waals surface area contributed by atoms with Gasteiger partial charge in [0.15, 0.2) is 0 Å². The fourth-order valence-electron chi connectivity index (χ4n) is 1.95. The highest BCUT2D eigenvalue weighted by molar-refractivity contribution is 9.10. The number of unbranched alkanes of at least 4 members (excludes halogenated alkanes) is 3. The van der Waals surface area contributed by atoms with Crippen LogP contribution in [-0.4, -0.2) is 19.2 Å². The number of halogens is 2. The molecule has 2 nitrogen and oxygen atoms in total. The number of nitrogens with one attached hydrogen (secondary N) is 1. The molecule has 1 aromatic carbocycles. The lowest BCUT2D eigenvalue weighted by molar-refractivity contribution is 0.304. The number of rotatable bonds is 9. The van der Waals surface area contributed by atoms with Gasteiger partial charge in [-0.3, -0.25) is 0 Å². The van der Waals surface area contributed by atoms with Gasteiger partial charge in [-0.25, -0.2) is 0 Å². The van der Waals surface area contributed by atoms with Crippen molar-refractivity contribution in [3.63, 3.8) is 0 Å². The fraction of sp³-hybridized carbons (Fsp3) is 0.600. The fourth-order valence-corrected chi connectivity index (χ4v) is 2.68. The van der Waals surface area contributed by atoms with Gasteiger partial charge in [0.1, 0.15) is 5.75 Å². The van der Waals surface area contributed by atoms with Crippen LogP contribution in [-0.2, 0) is 0 Å². The highest BCUT2D eigenvalue weighted by atomic mass is 79.9. The second-order valence-electron chi connectivity index (χ2n) is 5.07. The van der Waals surface area contributed by atoms with Gasteiger partial charge in [-0.15, -0.1) is 0 Å². The summed E-state index contributed by atoms with van der Waals surface area (Å²) in [5.74, 6) is 0.778. The van der Waals surface area contributed by atoms with Crippen molar-refractivity contribution in [3.8, 4) is 5.75 Å². The number of hydrogen-bond donors (Lipinski definition) is 1. The molecule has 1 N–H and O–H groups in total. The van der Waals surface area contributed by atoms with E-state index in [9.17, 15) is 0 Å². The van der Waals surface area contributed by atoms with E-state index in [1.807, 2.05) is 18.2 Å². The number of benzene rings is 1. The van der Waals surface area contributed by atoms with Gasteiger partial charge in [0.2, 0.25) is 0 Å². The molecule has 106 valence electrons. The molecular weight excluding hydrogens is 326 g/mol. The van der Waals surface area contributed by atoms with E-state index in [-0.39, 0.29) is 0 Å². The van der Waals surface area contributed by atoms with Crippen LogP contribution in [0, 0.1) is 0 Å². The lowest BCUT2D eigenvalue weighted by Crippen LogP contribution is -2.17. The summed E-state index contributed by atoms with van der Waals surface area (Å²) in [6.07, 6.45) is 7.62. The van der Waals surface area contributed by atoms with Gasteiger partial charge in [-0.05, 0) is 50.4 Å². The summed E-state index contributed by atoms with van der Waals surface area (Å²) in [6.45, 7) is 1.92. The van der Waals surface area contributed by atoms with Gasteiger partial charge < -0.3 is 10.1 Å². The molecule has 0 radical (unpaired) electrons. The molecular formula is C15H21BrClNO. The number of ether oxygens (including phenoxy) is 1. The molecule has 0 unspecified atom stereocenters. The Labute approximate surface area is 129 Å². The highest BCUT2D eigenvalue weighted by Crippen LogP contribution is 2.27. The SMILES string of the molecule is Clc1cc(Br)ccc1OCCCCCCNC1CC1. The molecule has 1 aromatic rings. The third-order valence-electron chi connectivity index (χ3n) is 3.23. The van der Waals surface area contributed by atoms with Crippen molar-refractivity contribution in [3.05, 3.63) is 27.7 Å². The van der Waals surface area contributed by atoms with Crippen LogP contribution >= 0.6 is 27.5 Å². The van der Waals surface area contributed by atoms with E-state index >= 15 is 0 Å². The van der Waals surface area contributed by atoms with Crippen LogP contribution in [0.1, 0.15) is 38.5 Å². The van der Waals surface area contributed by atoms with E-state index < -0.39 is 0 Å². The van der Waals surface area contributed by atoms with Gasteiger partial charge >= 0.3 is 0 Å². The standard InChI is InChI=1S/C15H21BrClNO/c16-12-5-8-15(14(17)11-12)19-10-4-2-1-3-9-18-13-6-7-13/h5,8,11,13,18H,1-4,6-7,9-10H2. The summed E-state index contributed by atoms with van der Waals surface area (Å²) in [4.78, 5) is 0. The van der Waals surface area contributed by atoms with Crippen LogP contribution in [0.15, 0.2) is 22.7 Å². The molecule has 0 atom stereocenters. The van der Waals surface area contributed by atoms with Crippen molar-refractivity contribution in [1.82, 2.24) is 5.32 Å². The Morgan fingerprint density at radius 3 is 2.74 bits per heavy atom. The molecule has 19 heavy (non-hydrogen) atoms. The predicted molar refractivity (Wildman–Crippen MR) is 84.1 cm³/mol. The molecule has 1 saturated carbocycles. The molecule has 0 saturated heterocycles. The van der Waals surface area contributed by atoms with Gasteiger partial charge in [0.05, 0.1) is 11.6 Å². The lowest BCUT2D eigenvalue weighted by Gasteiger charge is -2.08.